The van der Waals surface area contributed by atoms with E-state index in [0.29, 0.717) is 13.0 Å². The molecule has 0 fully saturated rings. The fraction of sp³-hybridized carbons (Fsp3) is 0.944. The maximum Gasteiger partial charge on any atom is 0.220 e. The van der Waals surface area contributed by atoms with Crippen molar-refractivity contribution in [1.82, 2.24) is 5.32 Å². The molecule has 0 spiro atoms. The van der Waals surface area contributed by atoms with Crippen molar-refractivity contribution in [3.05, 3.63) is 0 Å². The molecule has 3 heteroatoms. The number of hydrogen-bond donors (Lipinski definition) is 2. The normalized spacial score (nSPS) is 11.6. The number of carbonyl (C=O) groups excluding carboxylic acids is 1. The fourth-order valence-corrected chi connectivity index (χ4v) is 2.72. The van der Waals surface area contributed by atoms with Crippen molar-refractivity contribution in [2.45, 2.75) is 103 Å². The topological polar surface area (TPSA) is 55.1 Å². The maximum atomic E-state index is 12.0. The van der Waals surface area contributed by atoms with Gasteiger partial charge in [-0.3, -0.25) is 4.79 Å². The zero-order chi connectivity index (χ0) is 16.0. The van der Waals surface area contributed by atoms with Crippen LogP contribution < -0.4 is 11.1 Å². The van der Waals surface area contributed by atoms with Gasteiger partial charge in [0.2, 0.25) is 5.91 Å². The van der Waals surface area contributed by atoms with E-state index in [4.69, 9.17) is 5.73 Å². The van der Waals surface area contributed by atoms with E-state index >= 15 is 0 Å². The van der Waals surface area contributed by atoms with Crippen LogP contribution in [0.25, 0.3) is 0 Å². The Morgan fingerprint density at radius 1 is 0.857 bits per heavy atom. The Hall–Kier alpha value is -0.570. The number of hydrogen-bond acceptors (Lipinski definition) is 2. The van der Waals surface area contributed by atoms with E-state index in [1.54, 1.807) is 0 Å². The molecule has 0 saturated carbocycles. The van der Waals surface area contributed by atoms with Crippen molar-refractivity contribution in [2.24, 2.45) is 5.73 Å². The van der Waals surface area contributed by atoms with Crippen LogP contribution >= 0.6 is 0 Å². The Balaban J connectivity index is 3.58. The van der Waals surface area contributed by atoms with Gasteiger partial charge in [-0.2, -0.15) is 0 Å². The van der Waals surface area contributed by atoms with Gasteiger partial charge in [0.1, 0.15) is 0 Å². The lowest BCUT2D eigenvalue weighted by Gasteiger charge is -2.31. The molecule has 0 aromatic carbocycles. The van der Waals surface area contributed by atoms with Crippen LogP contribution in [-0.2, 0) is 4.79 Å². The lowest BCUT2D eigenvalue weighted by Crippen LogP contribution is -2.52. The summed E-state index contributed by atoms with van der Waals surface area (Å²) in [6.45, 7) is 6.97. The number of unbranched alkanes of at least 4 members (excludes halogenated alkanes) is 8. The van der Waals surface area contributed by atoms with Crippen LogP contribution in [0, 0.1) is 0 Å². The minimum atomic E-state index is -0.184. The molecule has 0 aliphatic rings. The summed E-state index contributed by atoms with van der Waals surface area (Å²) in [7, 11) is 0. The van der Waals surface area contributed by atoms with Crippen molar-refractivity contribution in [3.63, 3.8) is 0 Å². The van der Waals surface area contributed by atoms with E-state index in [-0.39, 0.29) is 11.4 Å². The van der Waals surface area contributed by atoms with Gasteiger partial charge < -0.3 is 11.1 Å². The fourth-order valence-electron chi connectivity index (χ4n) is 2.72. The van der Waals surface area contributed by atoms with E-state index in [1.807, 2.05) is 0 Å². The van der Waals surface area contributed by atoms with E-state index in [9.17, 15) is 4.79 Å². The summed E-state index contributed by atoms with van der Waals surface area (Å²) in [6, 6.07) is 0. The number of nitrogens with two attached hydrogens (primary N) is 1. The van der Waals surface area contributed by atoms with Crippen molar-refractivity contribution in [3.8, 4) is 0 Å². The Morgan fingerprint density at radius 3 is 1.76 bits per heavy atom. The standard InChI is InChI=1S/C18H38N2O/c1-4-7-8-9-10-11-12-13-14-15-17(21)20-18(5-2,6-3)16-19/h4-16,19H2,1-3H3,(H,20,21). The third-order valence-corrected chi connectivity index (χ3v) is 4.66. The maximum absolute atomic E-state index is 12.0. The number of carbonyl (C=O) groups is 1. The average Bonchev–Trinajstić information content (AvgIpc) is 2.51. The highest BCUT2D eigenvalue weighted by atomic mass is 16.1. The van der Waals surface area contributed by atoms with Crippen LogP contribution in [0.4, 0.5) is 0 Å². The second kappa shape index (κ2) is 13.1. The highest BCUT2D eigenvalue weighted by Gasteiger charge is 2.25. The lowest BCUT2D eigenvalue weighted by molar-refractivity contribution is -0.123. The summed E-state index contributed by atoms with van der Waals surface area (Å²) in [4.78, 5) is 12.0. The van der Waals surface area contributed by atoms with Crippen molar-refractivity contribution in [1.29, 1.82) is 0 Å². The van der Waals surface area contributed by atoms with Gasteiger partial charge in [0.05, 0.1) is 5.54 Å². The third kappa shape index (κ3) is 9.89. The lowest BCUT2D eigenvalue weighted by atomic mass is 9.92. The minimum Gasteiger partial charge on any atom is -0.349 e. The molecule has 0 aliphatic carbocycles. The van der Waals surface area contributed by atoms with Crippen LogP contribution in [0.3, 0.4) is 0 Å². The molecule has 0 atom stereocenters. The van der Waals surface area contributed by atoms with Gasteiger partial charge in [0.15, 0.2) is 0 Å². The van der Waals surface area contributed by atoms with Crippen LogP contribution in [-0.4, -0.2) is 18.0 Å². The molecule has 0 radical (unpaired) electrons. The van der Waals surface area contributed by atoms with Gasteiger partial charge in [-0.1, -0.05) is 72.1 Å². The monoisotopic (exact) mass is 298 g/mol. The summed E-state index contributed by atoms with van der Waals surface area (Å²) in [5.74, 6) is 0.173. The first-order valence-corrected chi connectivity index (χ1v) is 9.15. The highest BCUT2D eigenvalue weighted by molar-refractivity contribution is 5.76. The van der Waals surface area contributed by atoms with Crippen molar-refractivity contribution < 1.29 is 4.79 Å². The van der Waals surface area contributed by atoms with Crippen LogP contribution in [0.2, 0.25) is 0 Å². The smallest absolute Gasteiger partial charge is 0.220 e. The molecule has 0 rings (SSSR count). The molecule has 1 amide bonds. The summed E-state index contributed by atoms with van der Waals surface area (Å²) in [6.07, 6.45) is 14.0. The van der Waals surface area contributed by atoms with E-state index in [1.165, 1.54) is 51.4 Å². The van der Waals surface area contributed by atoms with E-state index < -0.39 is 0 Å². The second-order valence-electron chi connectivity index (χ2n) is 6.32. The Morgan fingerprint density at radius 2 is 1.33 bits per heavy atom. The summed E-state index contributed by atoms with van der Waals surface area (Å²) in [5, 5.41) is 3.14. The van der Waals surface area contributed by atoms with E-state index in [0.717, 1.165) is 19.3 Å². The molecule has 21 heavy (non-hydrogen) atoms. The molecular weight excluding hydrogens is 260 g/mol. The Labute approximate surface area is 132 Å². The van der Waals surface area contributed by atoms with Gasteiger partial charge >= 0.3 is 0 Å². The summed E-state index contributed by atoms with van der Waals surface area (Å²) in [5.41, 5.74) is 5.62. The quantitative estimate of drug-likeness (QED) is 0.462. The number of rotatable bonds is 14. The first-order chi connectivity index (χ1) is 10.1. The predicted octanol–water partition coefficient (Wildman–Crippen LogP) is 4.54. The third-order valence-electron chi connectivity index (χ3n) is 4.66. The summed E-state index contributed by atoms with van der Waals surface area (Å²) < 4.78 is 0. The number of amides is 1. The molecule has 0 unspecified atom stereocenters. The molecule has 0 aromatic heterocycles. The van der Waals surface area contributed by atoms with Crippen LogP contribution in [0.15, 0.2) is 0 Å². The second-order valence-corrected chi connectivity index (χ2v) is 6.32. The van der Waals surface area contributed by atoms with Crippen LogP contribution in [0.1, 0.15) is 97.8 Å². The first kappa shape index (κ1) is 20.4. The molecule has 3 N–H and O–H groups in total. The molecule has 0 aromatic rings. The number of nitrogens with one attached hydrogen (secondary N) is 1. The first-order valence-electron chi connectivity index (χ1n) is 9.15. The van der Waals surface area contributed by atoms with Crippen LogP contribution in [0.5, 0.6) is 0 Å². The van der Waals surface area contributed by atoms with E-state index in [2.05, 4.69) is 26.1 Å². The highest BCUT2D eigenvalue weighted by Crippen LogP contribution is 2.14. The molecule has 0 saturated heterocycles. The molecule has 0 heterocycles. The molecule has 0 aliphatic heterocycles. The zero-order valence-corrected chi connectivity index (χ0v) is 14.7. The summed E-state index contributed by atoms with van der Waals surface area (Å²) >= 11 is 0. The predicted molar refractivity (Wildman–Crippen MR) is 92.4 cm³/mol. The molecule has 3 nitrogen and oxygen atoms in total. The zero-order valence-electron chi connectivity index (χ0n) is 14.7. The van der Waals surface area contributed by atoms with Gasteiger partial charge in [-0.15, -0.1) is 0 Å². The average molecular weight is 299 g/mol. The minimum absolute atomic E-state index is 0.173. The van der Waals surface area contributed by atoms with Gasteiger partial charge in [0.25, 0.3) is 0 Å². The molecule has 0 bridgehead atoms. The largest absolute Gasteiger partial charge is 0.349 e. The van der Waals surface area contributed by atoms with Gasteiger partial charge in [-0.25, -0.2) is 0 Å². The van der Waals surface area contributed by atoms with Gasteiger partial charge in [-0.05, 0) is 19.3 Å². The van der Waals surface area contributed by atoms with Gasteiger partial charge in [0, 0.05) is 13.0 Å². The molecule has 126 valence electrons. The molecular formula is C18H38N2O. The Kier molecular flexibility index (Phi) is 12.8. The SMILES string of the molecule is CCCCCCCCCCCC(=O)NC(CC)(CC)CN. The van der Waals surface area contributed by atoms with Crippen molar-refractivity contribution in [2.75, 3.05) is 6.54 Å². The van der Waals surface area contributed by atoms with Crippen molar-refractivity contribution >= 4 is 5.91 Å². The Bertz CT molecular complexity index is 241.